The van der Waals surface area contributed by atoms with Crippen LogP contribution in [0, 0.1) is 5.92 Å². The first-order valence-electron chi connectivity index (χ1n) is 6.27. The topological polar surface area (TPSA) is 52.3 Å². The third kappa shape index (κ3) is 2.27. The zero-order valence-electron chi connectivity index (χ0n) is 10.2. The summed E-state index contributed by atoms with van der Waals surface area (Å²) in [6, 6.07) is 3.63. The summed E-state index contributed by atoms with van der Waals surface area (Å²) < 4.78 is 7.40. The van der Waals surface area contributed by atoms with Crippen LogP contribution in [0.15, 0.2) is 12.1 Å². The van der Waals surface area contributed by atoms with Crippen molar-refractivity contribution in [1.29, 1.82) is 0 Å². The molecule has 2 aromatic rings. The molecule has 1 saturated carbocycles. The smallest absolute Gasteiger partial charge is 0.246 e. The summed E-state index contributed by atoms with van der Waals surface area (Å²) >= 11 is 5.88. The number of hydrogen-bond acceptors (Lipinski definition) is 4. The highest BCUT2D eigenvalue weighted by Gasteiger charge is 2.20. The molecular weight excluding hydrogens is 252 g/mol. The van der Waals surface area contributed by atoms with Gasteiger partial charge < -0.3 is 4.74 Å². The summed E-state index contributed by atoms with van der Waals surface area (Å²) in [7, 11) is 0. The molecule has 0 N–H and O–H groups in total. The van der Waals surface area contributed by atoms with E-state index < -0.39 is 0 Å². The van der Waals surface area contributed by atoms with E-state index in [1.165, 1.54) is 17.4 Å². The maximum Gasteiger partial charge on any atom is 0.246 e. The zero-order chi connectivity index (χ0) is 12.5. The molecule has 0 aliphatic heterocycles. The van der Waals surface area contributed by atoms with Crippen molar-refractivity contribution in [2.45, 2.75) is 38.7 Å². The Morgan fingerprint density at radius 2 is 2.22 bits per heavy atom. The van der Waals surface area contributed by atoms with Crippen LogP contribution < -0.4 is 4.74 Å². The van der Waals surface area contributed by atoms with E-state index in [0.29, 0.717) is 11.5 Å². The second-order valence-electron chi connectivity index (χ2n) is 4.92. The summed E-state index contributed by atoms with van der Waals surface area (Å²) in [4.78, 5) is 0. The fourth-order valence-electron chi connectivity index (χ4n) is 2.46. The van der Waals surface area contributed by atoms with Gasteiger partial charge in [-0.05, 0) is 42.8 Å². The van der Waals surface area contributed by atoms with Crippen LogP contribution >= 0.6 is 11.6 Å². The van der Waals surface area contributed by atoms with Gasteiger partial charge in [-0.15, -0.1) is 15.3 Å². The lowest BCUT2D eigenvalue weighted by Gasteiger charge is -2.26. The van der Waals surface area contributed by atoms with Crippen LogP contribution in [-0.2, 0) is 0 Å². The van der Waals surface area contributed by atoms with E-state index in [1.54, 1.807) is 0 Å². The van der Waals surface area contributed by atoms with Gasteiger partial charge in [-0.1, -0.05) is 13.3 Å². The van der Waals surface area contributed by atoms with Gasteiger partial charge >= 0.3 is 0 Å². The van der Waals surface area contributed by atoms with Crippen LogP contribution in [0.4, 0.5) is 0 Å². The molecule has 2 heterocycles. The molecule has 0 aromatic carbocycles. The fourth-order valence-corrected chi connectivity index (χ4v) is 2.63. The number of ether oxygens (including phenoxy) is 1. The lowest BCUT2D eigenvalue weighted by molar-refractivity contribution is 0.122. The van der Waals surface area contributed by atoms with E-state index in [4.69, 9.17) is 16.3 Å². The Morgan fingerprint density at radius 3 is 3.06 bits per heavy atom. The Labute approximate surface area is 110 Å². The minimum atomic E-state index is 0.257. The molecule has 1 aliphatic rings. The van der Waals surface area contributed by atoms with Crippen molar-refractivity contribution < 1.29 is 4.74 Å². The van der Waals surface area contributed by atoms with E-state index in [1.807, 2.05) is 12.1 Å². The molecule has 18 heavy (non-hydrogen) atoms. The maximum atomic E-state index is 5.91. The van der Waals surface area contributed by atoms with Crippen molar-refractivity contribution in [3.05, 3.63) is 17.4 Å². The molecule has 96 valence electrons. The second kappa shape index (κ2) is 4.72. The van der Waals surface area contributed by atoms with Gasteiger partial charge in [-0.2, -0.15) is 4.52 Å². The van der Waals surface area contributed by atoms with Crippen LogP contribution in [0.2, 0.25) is 5.28 Å². The highest BCUT2D eigenvalue weighted by Crippen LogP contribution is 2.26. The van der Waals surface area contributed by atoms with Gasteiger partial charge in [0.1, 0.15) is 6.10 Å². The molecule has 6 heteroatoms. The van der Waals surface area contributed by atoms with Gasteiger partial charge in [0, 0.05) is 6.07 Å². The summed E-state index contributed by atoms with van der Waals surface area (Å²) in [5, 5.41) is 12.2. The molecule has 2 aromatic heterocycles. The summed E-state index contributed by atoms with van der Waals surface area (Å²) in [5.74, 6) is 1.31. The molecule has 3 rings (SSSR count). The largest absolute Gasteiger partial charge is 0.473 e. The Bertz CT molecular complexity index is 556. The van der Waals surface area contributed by atoms with E-state index in [0.717, 1.165) is 18.8 Å². The zero-order valence-corrected chi connectivity index (χ0v) is 11.0. The molecular formula is C12H15ClN4O. The summed E-state index contributed by atoms with van der Waals surface area (Å²) in [5.41, 5.74) is 0.629. The molecule has 0 spiro atoms. The first-order chi connectivity index (χ1) is 8.72. The molecule has 0 radical (unpaired) electrons. The van der Waals surface area contributed by atoms with E-state index in [2.05, 4.69) is 22.2 Å². The molecule has 1 fully saturated rings. The van der Waals surface area contributed by atoms with Gasteiger partial charge in [-0.25, -0.2) is 0 Å². The molecule has 0 amide bonds. The normalized spacial score (nSPS) is 24.3. The van der Waals surface area contributed by atoms with E-state index in [-0.39, 0.29) is 11.4 Å². The molecule has 0 unspecified atom stereocenters. The fraction of sp³-hybridized carbons (Fsp3) is 0.583. The van der Waals surface area contributed by atoms with Crippen molar-refractivity contribution in [2.75, 3.05) is 0 Å². The third-order valence-electron chi connectivity index (χ3n) is 3.38. The number of hydrogen-bond donors (Lipinski definition) is 0. The van der Waals surface area contributed by atoms with Gasteiger partial charge in [-0.3, -0.25) is 0 Å². The number of nitrogens with zero attached hydrogens (tertiary/aromatic N) is 4. The molecule has 1 aliphatic carbocycles. The standard InChI is InChI=1S/C12H15ClN4O/c1-8-3-2-4-9(7-8)18-11-6-5-10-14-15-12(13)17(10)16-11/h5-6,8-9H,2-4,7H2,1H3/t8-,9-/m0/s1. The average Bonchev–Trinajstić information content (AvgIpc) is 2.71. The highest BCUT2D eigenvalue weighted by molar-refractivity contribution is 6.28. The Hall–Kier alpha value is -1.36. The van der Waals surface area contributed by atoms with E-state index >= 15 is 0 Å². The SMILES string of the molecule is C[C@H]1CCC[C@H](Oc2ccc3nnc(Cl)n3n2)C1. The van der Waals surface area contributed by atoms with Crippen LogP contribution in [0.1, 0.15) is 32.6 Å². The quantitative estimate of drug-likeness (QED) is 0.839. The maximum absolute atomic E-state index is 5.91. The lowest BCUT2D eigenvalue weighted by Crippen LogP contribution is -2.24. The molecule has 0 saturated heterocycles. The minimum absolute atomic E-state index is 0.257. The second-order valence-corrected chi connectivity index (χ2v) is 5.26. The first-order valence-corrected chi connectivity index (χ1v) is 6.65. The first kappa shape index (κ1) is 11.7. The summed E-state index contributed by atoms with van der Waals surface area (Å²) in [6.45, 7) is 2.27. The molecule has 5 nitrogen and oxygen atoms in total. The van der Waals surface area contributed by atoms with Crippen LogP contribution in [0.3, 0.4) is 0 Å². The number of fused-ring (bicyclic) bond motifs is 1. The molecule has 2 atom stereocenters. The Morgan fingerprint density at radius 1 is 1.33 bits per heavy atom. The number of rotatable bonds is 2. The van der Waals surface area contributed by atoms with Crippen molar-refractivity contribution in [3.8, 4) is 5.88 Å². The van der Waals surface area contributed by atoms with Gasteiger partial charge in [0.15, 0.2) is 5.65 Å². The number of aromatic nitrogens is 4. The van der Waals surface area contributed by atoms with E-state index in [9.17, 15) is 0 Å². The third-order valence-corrected chi connectivity index (χ3v) is 3.61. The summed E-state index contributed by atoms with van der Waals surface area (Å²) in [6.07, 6.45) is 4.97. The Balaban J connectivity index is 1.79. The predicted molar refractivity (Wildman–Crippen MR) is 67.8 cm³/mol. The van der Waals surface area contributed by atoms with Crippen LogP contribution in [0.5, 0.6) is 5.88 Å². The average molecular weight is 267 g/mol. The van der Waals surface area contributed by atoms with Gasteiger partial charge in [0.2, 0.25) is 11.2 Å². The van der Waals surface area contributed by atoms with Gasteiger partial charge in [0.25, 0.3) is 0 Å². The number of halogens is 1. The highest BCUT2D eigenvalue weighted by atomic mass is 35.5. The van der Waals surface area contributed by atoms with Crippen molar-refractivity contribution >= 4 is 17.2 Å². The van der Waals surface area contributed by atoms with Gasteiger partial charge in [0.05, 0.1) is 0 Å². The van der Waals surface area contributed by atoms with Crippen molar-refractivity contribution in [3.63, 3.8) is 0 Å². The predicted octanol–water partition coefficient (Wildman–Crippen LogP) is 2.74. The molecule has 0 bridgehead atoms. The van der Waals surface area contributed by atoms with Crippen molar-refractivity contribution in [2.24, 2.45) is 5.92 Å². The van der Waals surface area contributed by atoms with Crippen LogP contribution in [0.25, 0.3) is 5.65 Å². The van der Waals surface area contributed by atoms with Crippen molar-refractivity contribution in [1.82, 2.24) is 19.8 Å². The van der Waals surface area contributed by atoms with Crippen LogP contribution in [-0.4, -0.2) is 25.9 Å². The lowest BCUT2D eigenvalue weighted by atomic mass is 9.89. The monoisotopic (exact) mass is 266 g/mol. The minimum Gasteiger partial charge on any atom is -0.473 e. The Kier molecular flexibility index (Phi) is 3.07.